The van der Waals surface area contributed by atoms with Crippen molar-refractivity contribution in [2.45, 2.75) is 20.3 Å². The molecule has 0 heterocycles. The summed E-state index contributed by atoms with van der Waals surface area (Å²) in [6, 6.07) is 0. The van der Waals surface area contributed by atoms with E-state index in [1.54, 1.807) is 6.08 Å². The molecule has 0 radical (unpaired) electrons. The zero-order chi connectivity index (χ0) is 8.04. The van der Waals surface area contributed by atoms with Gasteiger partial charge in [-0.05, 0) is 11.8 Å². The number of rotatable bonds is 4. The molecule has 0 aliphatic heterocycles. The Bertz CT molecular complexity index is 138. The third kappa shape index (κ3) is 4.13. The second-order valence-electron chi connectivity index (χ2n) is 3.08. The monoisotopic (exact) mass is 136 g/mol. The van der Waals surface area contributed by atoms with E-state index in [1.807, 2.05) is 12.2 Å². The molecule has 0 N–H and O–H groups in total. The van der Waals surface area contributed by atoms with Crippen LogP contribution in [0, 0.1) is 5.41 Å². The van der Waals surface area contributed by atoms with Gasteiger partial charge in [-0.2, -0.15) is 0 Å². The number of allylic oxidation sites excluding steroid dienone is 4. The molecule has 0 saturated carbocycles. The Balaban J connectivity index is 3.96. The average Bonchev–Trinajstić information content (AvgIpc) is 1.84. The van der Waals surface area contributed by atoms with Crippen LogP contribution < -0.4 is 0 Å². The van der Waals surface area contributed by atoms with Crippen molar-refractivity contribution in [3.8, 4) is 0 Å². The van der Waals surface area contributed by atoms with Gasteiger partial charge in [-0.1, -0.05) is 44.7 Å². The van der Waals surface area contributed by atoms with Gasteiger partial charge in [-0.15, -0.1) is 6.58 Å². The molecule has 0 nitrogen and oxygen atoms in total. The third-order valence-electron chi connectivity index (χ3n) is 1.35. The normalized spacial score (nSPS) is 11.8. The fourth-order valence-corrected chi connectivity index (χ4v) is 0.769. The van der Waals surface area contributed by atoms with E-state index in [0.717, 1.165) is 6.42 Å². The zero-order valence-electron chi connectivity index (χ0n) is 6.93. The Morgan fingerprint density at radius 3 is 2.30 bits per heavy atom. The second-order valence-corrected chi connectivity index (χ2v) is 3.08. The third-order valence-corrected chi connectivity index (χ3v) is 1.35. The first-order valence-electron chi connectivity index (χ1n) is 3.53. The van der Waals surface area contributed by atoms with Crippen molar-refractivity contribution >= 4 is 0 Å². The molecule has 0 fully saturated rings. The van der Waals surface area contributed by atoms with E-state index < -0.39 is 0 Å². The Morgan fingerprint density at radius 1 is 1.30 bits per heavy atom. The molecule has 0 amide bonds. The lowest BCUT2D eigenvalue weighted by molar-refractivity contribution is 0.489. The summed E-state index contributed by atoms with van der Waals surface area (Å²) < 4.78 is 0. The molecule has 0 bridgehead atoms. The van der Waals surface area contributed by atoms with Crippen molar-refractivity contribution in [1.29, 1.82) is 0 Å². The fourth-order valence-electron chi connectivity index (χ4n) is 0.769. The first-order valence-corrected chi connectivity index (χ1v) is 3.53. The summed E-state index contributed by atoms with van der Waals surface area (Å²) in [5.74, 6) is 0. The van der Waals surface area contributed by atoms with Crippen molar-refractivity contribution in [3.05, 3.63) is 37.5 Å². The van der Waals surface area contributed by atoms with E-state index in [0.29, 0.717) is 0 Å². The molecule has 10 heavy (non-hydrogen) atoms. The topological polar surface area (TPSA) is 0 Å². The maximum Gasteiger partial charge on any atom is -0.0137 e. The Hall–Kier alpha value is -0.780. The van der Waals surface area contributed by atoms with Gasteiger partial charge in [-0.3, -0.25) is 0 Å². The SMILES string of the molecule is C=CC=CC(C)(C)CC=C. The summed E-state index contributed by atoms with van der Waals surface area (Å²) in [6.07, 6.45) is 8.86. The van der Waals surface area contributed by atoms with Gasteiger partial charge < -0.3 is 0 Å². The summed E-state index contributed by atoms with van der Waals surface area (Å²) in [5.41, 5.74) is 0.232. The smallest absolute Gasteiger partial charge is 0.0137 e. The van der Waals surface area contributed by atoms with Crippen LogP contribution in [0.5, 0.6) is 0 Å². The first-order chi connectivity index (χ1) is 4.62. The maximum atomic E-state index is 3.69. The summed E-state index contributed by atoms with van der Waals surface area (Å²) >= 11 is 0. The molecule has 0 heteroatoms. The highest BCUT2D eigenvalue weighted by Crippen LogP contribution is 2.21. The summed E-state index contributed by atoms with van der Waals surface area (Å²) in [6.45, 7) is 11.7. The zero-order valence-corrected chi connectivity index (χ0v) is 6.93. The Labute approximate surface area is 64.0 Å². The Morgan fingerprint density at radius 2 is 1.90 bits per heavy atom. The van der Waals surface area contributed by atoms with Gasteiger partial charge in [0.05, 0.1) is 0 Å². The lowest BCUT2D eigenvalue weighted by Gasteiger charge is -2.16. The van der Waals surface area contributed by atoms with Crippen molar-refractivity contribution < 1.29 is 0 Å². The minimum Gasteiger partial charge on any atom is -0.103 e. The lowest BCUT2D eigenvalue weighted by Crippen LogP contribution is -2.04. The summed E-state index contributed by atoms with van der Waals surface area (Å²) in [7, 11) is 0. The molecule has 0 aliphatic carbocycles. The predicted molar refractivity (Wildman–Crippen MR) is 47.9 cm³/mol. The molecular formula is C10H16. The minimum atomic E-state index is 0.232. The quantitative estimate of drug-likeness (QED) is 0.411. The van der Waals surface area contributed by atoms with Gasteiger partial charge >= 0.3 is 0 Å². The Kier molecular flexibility index (Phi) is 3.78. The number of hydrogen-bond donors (Lipinski definition) is 0. The van der Waals surface area contributed by atoms with E-state index in [2.05, 4.69) is 33.1 Å². The molecule has 0 atom stereocenters. The van der Waals surface area contributed by atoms with E-state index >= 15 is 0 Å². The van der Waals surface area contributed by atoms with Crippen LogP contribution in [0.4, 0.5) is 0 Å². The highest BCUT2D eigenvalue weighted by Gasteiger charge is 2.09. The molecule has 0 aromatic heterocycles. The molecule has 56 valence electrons. The molecule has 0 aromatic rings. The molecule has 0 saturated heterocycles. The van der Waals surface area contributed by atoms with E-state index in [1.165, 1.54) is 0 Å². The molecule has 0 spiro atoms. The standard InChI is InChI=1S/C10H16/c1-5-7-9-10(3,4)8-6-2/h5-7,9H,1-2,8H2,3-4H3. The lowest BCUT2D eigenvalue weighted by atomic mass is 9.89. The average molecular weight is 136 g/mol. The molecule has 0 unspecified atom stereocenters. The van der Waals surface area contributed by atoms with Crippen molar-refractivity contribution in [1.82, 2.24) is 0 Å². The number of hydrogen-bond acceptors (Lipinski definition) is 0. The highest BCUT2D eigenvalue weighted by molar-refractivity contribution is 5.05. The van der Waals surface area contributed by atoms with Gasteiger partial charge in [-0.25, -0.2) is 0 Å². The van der Waals surface area contributed by atoms with Crippen LogP contribution in [-0.2, 0) is 0 Å². The van der Waals surface area contributed by atoms with Crippen molar-refractivity contribution in [2.24, 2.45) is 5.41 Å². The van der Waals surface area contributed by atoms with E-state index in [-0.39, 0.29) is 5.41 Å². The van der Waals surface area contributed by atoms with E-state index in [9.17, 15) is 0 Å². The largest absolute Gasteiger partial charge is 0.103 e. The summed E-state index contributed by atoms with van der Waals surface area (Å²) in [4.78, 5) is 0. The van der Waals surface area contributed by atoms with Crippen LogP contribution in [0.25, 0.3) is 0 Å². The molecule has 0 aromatic carbocycles. The highest BCUT2D eigenvalue weighted by atomic mass is 14.1. The molecular weight excluding hydrogens is 120 g/mol. The van der Waals surface area contributed by atoms with Crippen LogP contribution in [0.15, 0.2) is 37.5 Å². The van der Waals surface area contributed by atoms with Crippen LogP contribution in [0.3, 0.4) is 0 Å². The fraction of sp³-hybridized carbons (Fsp3) is 0.400. The van der Waals surface area contributed by atoms with Gasteiger partial charge in [0.15, 0.2) is 0 Å². The first kappa shape index (κ1) is 9.22. The van der Waals surface area contributed by atoms with Crippen LogP contribution in [0.1, 0.15) is 20.3 Å². The minimum absolute atomic E-state index is 0.232. The van der Waals surface area contributed by atoms with Crippen LogP contribution in [0.2, 0.25) is 0 Å². The maximum absolute atomic E-state index is 3.69. The van der Waals surface area contributed by atoms with Gasteiger partial charge in [0, 0.05) is 0 Å². The van der Waals surface area contributed by atoms with Gasteiger partial charge in [0.1, 0.15) is 0 Å². The van der Waals surface area contributed by atoms with Crippen LogP contribution >= 0.6 is 0 Å². The van der Waals surface area contributed by atoms with Crippen LogP contribution in [-0.4, -0.2) is 0 Å². The predicted octanol–water partition coefficient (Wildman–Crippen LogP) is 3.33. The second kappa shape index (κ2) is 4.10. The van der Waals surface area contributed by atoms with Gasteiger partial charge in [0.25, 0.3) is 0 Å². The molecule has 0 rings (SSSR count). The van der Waals surface area contributed by atoms with Crippen molar-refractivity contribution in [2.75, 3.05) is 0 Å². The molecule has 0 aliphatic rings. The summed E-state index contributed by atoms with van der Waals surface area (Å²) in [5, 5.41) is 0. The van der Waals surface area contributed by atoms with E-state index in [4.69, 9.17) is 0 Å². The van der Waals surface area contributed by atoms with Crippen molar-refractivity contribution in [3.63, 3.8) is 0 Å². The van der Waals surface area contributed by atoms with Gasteiger partial charge in [0.2, 0.25) is 0 Å².